The quantitative estimate of drug-likeness (QED) is 0.743. The average Bonchev–Trinajstić information content (AvgIpc) is 2.55. The van der Waals surface area contributed by atoms with Crippen molar-refractivity contribution in [2.24, 2.45) is 0 Å². The van der Waals surface area contributed by atoms with Gasteiger partial charge in [0, 0.05) is 5.02 Å². The van der Waals surface area contributed by atoms with Crippen LogP contribution in [0.4, 0.5) is 13.2 Å². The predicted octanol–water partition coefficient (Wildman–Crippen LogP) is 4.55. The summed E-state index contributed by atoms with van der Waals surface area (Å²) in [5.74, 6) is 0.186. The molecule has 0 aliphatic rings. The fourth-order valence-electron chi connectivity index (χ4n) is 1.76. The molecular formula is C11H9Cl2F3N2. The van der Waals surface area contributed by atoms with Crippen molar-refractivity contribution in [1.82, 2.24) is 9.55 Å². The normalized spacial score (nSPS) is 14.1. The van der Waals surface area contributed by atoms with E-state index in [-0.39, 0.29) is 5.82 Å². The Labute approximate surface area is 111 Å². The van der Waals surface area contributed by atoms with Gasteiger partial charge in [0.25, 0.3) is 0 Å². The molecule has 0 bridgehead atoms. The minimum Gasteiger partial charge on any atom is -0.317 e. The van der Waals surface area contributed by atoms with Crippen LogP contribution < -0.4 is 0 Å². The van der Waals surface area contributed by atoms with Gasteiger partial charge in [-0.25, -0.2) is 4.98 Å². The number of rotatable bonds is 2. The summed E-state index contributed by atoms with van der Waals surface area (Å²) in [7, 11) is 0. The Bertz CT molecular complexity index is 575. The smallest absolute Gasteiger partial charge is 0.317 e. The Balaban J connectivity index is 2.64. The third kappa shape index (κ3) is 2.72. The van der Waals surface area contributed by atoms with Crippen molar-refractivity contribution in [3.8, 4) is 0 Å². The highest BCUT2D eigenvalue weighted by atomic mass is 35.5. The topological polar surface area (TPSA) is 17.8 Å². The Kier molecular flexibility index (Phi) is 3.47. The molecule has 98 valence electrons. The van der Waals surface area contributed by atoms with E-state index in [0.29, 0.717) is 16.1 Å². The van der Waals surface area contributed by atoms with E-state index >= 15 is 0 Å². The molecule has 2 rings (SSSR count). The number of hydrogen-bond donors (Lipinski definition) is 0. The van der Waals surface area contributed by atoms with Crippen molar-refractivity contribution in [3.63, 3.8) is 0 Å². The van der Waals surface area contributed by atoms with Crippen LogP contribution in [0.1, 0.15) is 18.1 Å². The number of alkyl halides is 4. The largest absolute Gasteiger partial charge is 0.406 e. The maximum atomic E-state index is 12.6. The Morgan fingerprint density at radius 2 is 2.06 bits per heavy atom. The van der Waals surface area contributed by atoms with Crippen molar-refractivity contribution < 1.29 is 13.2 Å². The van der Waals surface area contributed by atoms with E-state index in [0.717, 1.165) is 4.57 Å². The van der Waals surface area contributed by atoms with Crippen molar-refractivity contribution in [1.29, 1.82) is 0 Å². The van der Waals surface area contributed by atoms with Gasteiger partial charge in [-0.3, -0.25) is 0 Å². The number of hydrogen-bond acceptors (Lipinski definition) is 1. The molecule has 1 atom stereocenters. The van der Waals surface area contributed by atoms with E-state index in [1.54, 1.807) is 19.1 Å². The van der Waals surface area contributed by atoms with Gasteiger partial charge in [0.15, 0.2) is 0 Å². The van der Waals surface area contributed by atoms with Gasteiger partial charge in [0.2, 0.25) is 0 Å². The maximum absolute atomic E-state index is 12.6. The lowest BCUT2D eigenvalue weighted by Gasteiger charge is -2.12. The van der Waals surface area contributed by atoms with Gasteiger partial charge in [0.05, 0.1) is 16.4 Å². The highest BCUT2D eigenvalue weighted by Crippen LogP contribution is 2.29. The summed E-state index contributed by atoms with van der Waals surface area (Å²) in [6.45, 7) is 0.452. The van der Waals surface area contributed by atoms with Crippen LogP contribution in [0.15, 0.2) is 18.2 Å². The molecule has 0 aliphatic heterocycles. The molecular weight excluding hydrogens is 288 g/mol. The van der Waals surface area contributed by atoms with E-state index in [1.807, 2.05) is 0 Å². The summed E-state index contributed by atoms with van der Waals surface area (Å²) in [6.07, 6.45) is -4.34. The number of aromatic nitrogens is 2. The molecule has 1 aromatic heterocycles. The van der Waals surface area contributed by atoms with E-state index in [1.165, 1.54) is 6.07 Å². The van der Waals surface area contributed by atoms with Gasteiger partial charge in [-0.05, 0) is 25.1 Å². The standard InChI is InChI=1S/C11H9Cl2F3N2/c1-6(12)10-17-8-3-2-7(13)4-9(8)18(10)5-11(14,15)16/h2-4,6H,5H2,1H3. The van der Waals surface area contributed by atoms with Gasteiger partial charge in [-0.2, -0.15) is 13.2 Å². The fourth-order valence-corrected chi connectivity index (χ4v) is 2.10. The molecule has 0 amide bonds. The fraction of sp³-hybridized carbons (Fsp3) is 0.364. The van der Waals surface area contributed by atoms with Crippen LogP contribution in [-0.2, 0) is 6.54 Å². The molecule has 0 saturated carbocycles. The molecule has 2 aromatic rings. The number of imidazole rings is 1. The van der Waals surface area contributed by atoms with Crippen LogP contribution in [0.25, 0.3) is 11.0 Å². The minimum absolute atomic E-state index is 0.186. The van der Waals surface area contributed by atoms with Crippen LogP contribution in [-0.4, -0.2) is 15.7 Å². The van der Waals surface area contributed by atoms with E-state index in [9.17, 15) is 13.2 Å². The molecule has 18 heavy (non-hydrogen) atoms. The van der Waals surface area contributed by atoms with Gasteiger partial charge >= 0.3 is 6.18 Å². The van der Waals surface area contributed by atoms with Crippen molar-refractivity contribution >= 4 is 34.2 Å². The zero-order chi connectivity index (χ0) is 13.5. The lowest BCUT2D eigenvalue weighted by Crippen LogP contribution is -2.19. The van der Waals surface area contributed by atoms with Gasteiger partial charge in [0.1, 0.15) is 12.4 Å². The summed E-state index contributed by atoms with van der Waals surface area (Å²) < 4.78 is 38.8. The van der Waals surface area contributed by atoms with E-state index in [2.05, 4.69) is 4.98 Å². The molecule has 1 unspecified atom stereocenters. The monoisotopic (exact) mass is 296 g/mol. The Morgan fingerprint density at radius 3 is 2.61 bits per heavy atom. The first kappa shape index (κ1) is 13.5. The van der Waals surface area contributed by atoms with Crippen molar-refractivity contribution in [2.75, 3.05) is 0 Å². The number of halogens is 5. The third-order valence-corrected chi connectivity index (χ3v) is 2.86. The molecule has 1 aromatic carbocycles. The molecule has 0 aliphatic carbocycles. The Hall–Kier alpha value is -0.940. The summed E-state index contributed by atoms with van der Waals surface area (Å²) in [6, 6.07) is 4.61. The summed E-state index contributed by atoms with van der Waals surface area (Å²) >= 11 is 11.7. The SMILES string of the molecule is CC(Cl)c1nc2ccc(Cl)cc2n1CC(F)(F)F. The Morgan fingerprint density at radius 1 is 1.39 bits per heavy atom. The summed E-state index contributed by atoms with van der Waals surface area (Å²) in [5, 5.41) is -0.252. The van der Waals surface area contributed by atoms with Crippen molar-refractivity contribution in [2.45, 2.75) is 25.0 Å². The lowest BCUT2D eigenvalue weighted by molar-refractivity contribution is -0.140. The van der Waals surface area contributed by atoms with Crippen LogP contribution in [0.3, 0.4) is 0 Å². The van der Waals surface area contributed by atoms with Crippen molar-refractivity contribution in [3.05, 3.63) is 29.0 Å². The molecule has 2 nitrogen and oxygen atoms in total. The molecule has 0 radical (unpaired) electrons. The van der Waals surface area contributed by atoms with Crippen LogP contribution in [0.2, 0.25) is 5.02 Å². The average molecular weight is 297 g/mol. The zero-order valence-electron chi connectivity index (χ0n) is 9.30. The molecule has 0 saturated heterocycles. The van der Waals surface area contributed by atoms with Crippen LogP contribution in [0.5, 0.6) is 0 Å². The van der Waals surface area contributed by atoms with E-state index in [4.69, 9.17) is 23.2 Å². The zero-order valence-corrected chi connectivity index (χ0v) is 10.8. The second-order valence-electron chi connectivity index (χ2n) is 3.92. The number of nitrogens with zero attached hydrogens (tertiary/aromatic N) is 2. The number of fused-ring (bicyclic) bond motifs is 1. The predicted molar refractivity (Wildman–Crippen MR) is 65.1 cm³/mol. The molecule has 0 fully saturated rings. The summed E-state index contributed by atoms with van der Waals surface area (Å²) in [5.41, 5.74) is 0.786. The summed E-state index contributed by atoms with van der Waals surface area (Å²) in [4.78, 5) is 4.11. The molecule has 7 heteroatoms. The lowest BCUT2D eigenvalue weighted by atomic mass is 10.3. The maximum Gasteiger partial charge on any atom is 0.406 e. The first-order chi connectivity index (χ1) is 8.28. The molecule has 1 heterocycles. The third-order valence-electron chi connectivity index (χ3n) is 2.43. The molecule has 0 N–H and O–H groups in total. The number of benzene rings is 1. The van der Waals surface area contributed by atoms with Crippen LogP contribution in [0, 0.1) is 0 Å². The second kappa shape index (κ2) is 4.63. The minimum atomic E-state index is -4.34. The first-order valence-electron chi connectivity index (χ1n) is 5.14. The molecule has 0 spiro atoms. The van der Waals surface area contributed by atoms with Crippen LogP contribution >= 0.6 is 23.2 Å². The highest BCUT2D eigenvalue weighted by molar-refractivity contribution is 6.31. The van der Waals surface area contributed by atoms with Gasteiger partial charge < -0.3 is 4.57 Å². The van der Waals surface area contributed by atoms with E-state index < -0.39 is 18.1 Å². The van der Waals surface area contributed by atoms with Gasteiger partial charge in [-0.15, -0.1) is 11.6 Å². The highest BCUT2D eigenvalue weighted by Gasteiger charge is 2.31. The second-order valence-corrected chi connectivity index (χ2v) is 5.01. The van der Waals surface area contributed by atoms with Gasteiger partial charge in [-0.1, -0.05) is 11.6 Å². The first-order valence-corrected chi connectivity index (χ1v) is 5.96.